The number of nitrogens with zero attached hydrogens (tertiary/aromatic N) is 1. The van der Waals surface area contributed by atoms with E-state index in [-0.39, 0.29) is 37.5 Å². The van der Waals surface area contributed by atoms with Crippen LogP contribution in [0.3, 0.4) is 0 Å². The van der Waals surface area contributed by atoms with Gasteiger partial charge in [-0.25, -0.2) is 4.98 Å². The van der Waals surface area contributed by atoms with Crippen LogP contribution >= 0.6 is 18.9 Å². The second-order valence-electron chi connectivity index (χ2n) is 7.34. The van der Waals surface area contributed by atoms with Crippen LogP contribution in [0.1, 0.15) is 43.7 Å². The van der Waals surface area contributed by atoms with Gasteiger partial charge in [0.15, 0.2) is 5.13 Å². The summed E-state index contributed by atoms with van der Waals surface area (Å²) in [6.07, 6.45) is -0.0468. The number of thiazole rings is 1. The standard InChI is InChI=1S/C21H29N2O7PS/c1-5-27-31(25,28-6-2)12-16-13-32-21(22-16)23-20(24)15-7-17(29-14(3)4)9-18(8-15)30-19-10-26-11-19/h7-9,13-14,19H,5-6,10-12H2,1-4H3,(H,22,23,24). The average Bonchev–Trinajstić information content (AvgIpc) is 3.10. The molecule has 1 aromatic carbocycles. The number of benzene rings is 1. The maximum absolute atomic E-state index is 12.9. The van der Waals surface area contributed by atoms with Crippen molar-refractivity contribution >= 4 is 30.0 Å². The van der Waals surface area contributed by atoms with Gasteiger partial charge in [-0.1, -0.05) is 0 Å². The third kappa shape index (κ3) is 7.02. The van der Waals surface area contributed by atoms with Gasteiger partial charge in [-0.2, -0.15) is 0 Å². The van der Waals surface area contributed by atoms with Crippen LogP contribution in [0.2, 0.25) is 0 Å². The number of hydrogen-bond acceptors (Lipinski definition) is 9. The van der Waals surface area contributed by atoms with Gasteiger partial charge in [-0.15, -0.1) is 11.3 Å². The molecule has 0 unspecified atom stereocenters. The Labute approximate surface area is 191 Å². The highest BCUT2D eigenvalue weighted by Crippen LogP contribution is 2.51. The molecule has 0 bridgehead atoms. The molecule has 1 aromatic heterocycles. The lowest BCUT2D eigenvalue weighted by Crippen LogP contribution is -2.38. The Morgan fingerprint density at radius 1 is 1.22 bits per heavy atom. The zero-order chi connectivity index (χ0) is 23.1. The number of amides is 1. The van der Waals surface area contributed by atoms with Gasteiger partial charge >= 0.3 is 7.60 Å². The van der Waals surface area contributed by atoms with Crippen molar-refractivity contribution in [3.63, 3.8) is 0 Å². The highest BCUT2D eigenvalue weighted by atomic mass is 32.1. The minimum absolute atomic E-state index is 0.0342. The summed E-state index contributed by atoms with van der Waals surface area (Å²) in [7, 11) is -3.27. The zero-order valence-corrected chi connectivity index (χ0v) is 20.4. The molecule has 2 aromatic rings. The number of hydrogen-bond donors (Lipinski definition) is 1. The third-order valence-electron chi connectivity index (χ3n) is 4.20. The molecule has 9 nitrogen and oxygen atoms in total. The van der Waals surface area contributed by atoms with Crippen molar-refractivity contribution in [3.8, 4) is 11.5 Å². The molecule has 1 fully saturated rings. The van der Waals surface area contributed by atoms with Crippen LogP contribution in [-0.4, -0.2) is 49.5 Å². The lowest BCUT2D eigenvalue weighted by Gasteiger charge is -2.27. The van der Waals surface area contributed by atoms with E-state index in [4.69, 9.17) is 23.3 Å². The Morgan fingerprint density at radius 2 is 1.91 bits per heavy atom. The molecule has 2 heterocycles. The number of carbonyl (C=O) groups excluding carboxylic acids is 1. The van der Waals surface area contributed by atoms with Crippen molar-refractivity contribution in [1.82, 2.24) is 4.98 Å². The molecule has 1 amide bonds. The minimum Gasteiger partial charge on any atom is -0.491 e. The molecule has 1 N–H and O–H groups in total. The number of anilines is 1. The third-order valence-corrected chi connectivity index (χ3v) is 7.02. The SMILES string of the molecule is CCOP(=O)(Cc1csc(NC(=O)c2cc(OC(C)C)cc(OC3COC3)c2)n1)OCC. The van der Waals surface area contributed by atoms with Crippen molar-refractivity contribution in [3.05, 3.63) is 34.8 Å². The summed E-state index contributed by atoms with van der Waals surface area (Å²) in [4.78, 5) is 17.3. The summed E-state index contributed by atoms with van der Waals surface area (Å²) in [6.45, 7) is 8.92. The molecular weight excluding hydrogens is 455 g/mol. The maximum Gasteiger partial charge on any atom is 0.336 e. The smallest absolute Gasteiger partial charge is 0.336 e. The Kier molecular flexibility index (Phi) is 8.67. The first-order chi connectivity index (χ1) is 15.3. The normalized spacial score (nSPS) is 14.3. The van der Waals surface area contributed by atoms with Crippen molar-refractivity contribution in [2.24, 2.45) is 0 Å². The predicted molar refractivity (Wildman–Crippen MR) is 122 cm³/mol. The van der Waals surface area contributed by atoms with E-state index >= 15 is 0 Å². The number of ether oxygens (including phenoxy) is 3. The second-order valence-corrected chi connectivity index (χ2v) is 10.3. The summed E-state index contributed by atoms with van der Waals surface area (Å²) in [5.41, 5.74) is 0.908. The lowest BCUT2D eigenvalue weighted by molar-refractivity contribution is -0.0797. The van der Waals surface area contributed by atoms with Crippen LogP contribution in [0.4, 0.5) is 5.13 Å². The number of nitrogens with one attached hydrogen (secondary N) is 1. The van der Waals surface area contributed by atoms with Gasteiger partial charge in [-0.05, 0) is 39.8 Å². The molecule has 11 heteroatoms. The van der Waals surface area contributed by atoms with Crippen LogP contribution in [0.15, 0.2) is 23.6 Å². The molecule has 0 radical (unpaired) electrons. The Morgan fingerprint density at radius 3 is 2.50 bits per heavy atom. The molecule has 0 atom stereocenters. The number of carbonyl (C=O) groups is 1. The average molecular weight is 485 g/mol. The molecule has 3 rings (SSSR count). The summed E-state index contributed by atoms with van der Waals surface area (Å²) in [5, 5.41) is 4.89. The van der Waals surface area contributed by atoms with Crippen molar-refractivity contribution in [2.75, 3.05) is 31.7 Å². The molecule has 1 saturated heterocycles. The van der Waals surface area contributed by atoms with Crippen molar-refractivity contribution < 1.29 is 32.6 Å². The first-order valence-electron chi connectivity index (χ1n) is 10.5. The van der Waals surface area contributed by atoms with Gasteiger partial charge in [0.2, 0.25) is 0 Å². The van der Waals surface area contributed by atoms with Crippen LogP contribution in [-0.2, 0) is 24.5 Å². The number of aromatic nitrogens is 1. The van der Waals surface area contributed by atoms with Crippen LogP contribution in [0.5, 0.6) is 11.5 Å². The van der Waals surface area contributed by atoms with Gasteiger partial charge in [-0.3, -0.25) is 14.7 Å². The van der Waals surface area contributed by atoms with Crippen molar-refractivity contribution in [2.45, 2.75) is 46.1 Å². The summed E-state index contributed by atoms with van der Waals surface area (Å²) >= 11 is 1.24. The molecule has 0 aliphatic carbocycles. The van der Waals surface area contributed by atoms with E-state index in [9.17, 15) is 9.36 Å². The zero-order valence-electron chi connectivity index (χ0n) is 18.7. The largest absolute Gasteiger partial charge is 0.491 e. The molecule has 0 saturated carbocycles. The monoisotopic (exact) mass is 484 g/mol. The first-order valence-corrected chi connectivity index (χ1v) is 13.1. The van der Waals surface area contributed by atoms with E-state index < -0.39 is 7.60 Å². The molecule has 32 heavy (non-hydrogen) atoms. The first kappa shape index (κ1) is 24.7. The van der Waals surface area contributed by atoms with Crippen LogP contribution in [0.25, 0.3) is 0 Å². The van der Waals surface area contributed by atoms with Crippen LogP contribution < -0.4 is 14.8 Å². The fourth-order valence-corrected chi connectivity index (χ4v) is 5.34. The predicted octanol–water partition coefficient (Wildman–Crippen LogP) is 4.73. The fourth-order valence-electron chi connectivity index (χ4n) is 2.91. The molecule has 1 aliphatic rings. The highest BCUT2D eigenvalue weighted by Gasteiger charge is 2.26. The Hall–Kier alpha value is -1.97. The summed E-state index contributed by atoms with van der Waals surface area (Å²) in [5.74, 6) is 0.723. The number of rotatable bonds is 12. The quantitative estimate of drug-likeness (QED) is 0.431. The minimum atomic E-state index is -3.27. The van der Waals surface area contributed by atoms with Gasteiger partial charge in [0.05, 0.1) is 44.4 Å². The van der Waals surface area contributed by atoms with Crippen LogP contribution in [0, 0.1) is 0 Å². The fraction of sp³-hybridized carbons (Fsp3) is 0.524. The van der Waals surface area contributed by atoms with E-state index in [0.717, 1.165) is 0 Å². The topological polar surface area (TPSA) is 105 Å². The van der Waals surface area contributed by atoms with E-state index in [0.29, 0.717) is 41.1 Å². The van der Waals surface area contributed by atoms with E-state index in [1.807, 2.05) is 13.8 Å². The molecule has 0 spiro atoms. The molecular formula is C21H29N2O7PS. The summed E-state index contributed by atoms with van der Waals surface area (Å²) in [6, 6.07) is 5.08. The van der Waals surface area contributed by atoms with E-state index in [2.05, 4.69) is 10.3 Å². The molecule has 1 aliphatic heterocycles. The Balaban J connectivity index is 1.72. The summed E-state index contributed by atoms with van der Waals surface area (Å²) < 4.78 is 40.1. The molecule has 176 valence electrons. The van der Waals surface area contributed by atoms with Crippen molar-refractivity contribution in [1.29, 1.82) is 0 Å². The van der Waals surface area contributed by atoms with Gasteiger partial charge in [0, 0.05) is 17.0 Å². The maximum atomic E-state index is 12.9. The van der Waals surface area contributed by atoms with E-state index in [1.165, 1.54) is 11.3 Å². The second kappa shape index (κ2) is 11.2. The van der Waals surface area contributed by atoms with Gasteiger partial charge in [0.25, 0.3) is 5.91 Å². The van der Waals surface area contributed by atoms with Gasteiger partial charge in [0.1, 0.15) is 17.6 Å². The van der Waals surface area contributed by atoms with Gasteiger partial charge < -0.3 is 23.3 Å². The Bertz CT molecular complexity index is 951. The lowest BCUT2D eigenvalue weighted by atomic mass is 10.2. The van der Waals surface area contributed by atoms with E-state index in [1.54, 1.807) is 37.4 Å². The highest BCUT2D eigenvalue weighted by molar-refractivity contribution is 7.53.